The molecule has 0 amide bonds. The van der Waals surface area contributed by atoms with Crippen LogP contribution in [0.4, 0.5) is 0 Å². The molecule has 0 rings (SSSR count). The number of carboxylic acid groups (broad SMARTS) is 1. The number of rotatable bonds is 3. The average Bonchev–Trinajstić information content (AvgIpc) is 1.61. The summed E-state index contributed by atoms with van der Waals surface area (Å²) in [5.41, 5.74) is 2.58. The molecule has 0 atom stereocenters. The van der Waals surface area contributed by atoms with Crippen LogP contribution in [-0.4, -0.2) is 66.3 Å². The molecule has 2 N–H and O–H groups in total. The van der Waals surface area contributed by atoms with E-state index in [4.69, 9.17) is 5.11 Å². The summed E-state index contributed by atoms with van der Waals surface area (Å²) in [6.45, 7) is -0.0208. The normalized spacial score (nSPS) is 8.78. The molecule has 0 saturated heterocycles. The second-order valence-corrected chi connectivity index (χ2v) is 1.62. The van der Waals surface area contributed by atoms with Crippen molar-refractivity contribution in [3.63, 3.8) is 0 Å². The fourth-order valence-corrected chi connectivity index (χ4v) is 0.226. The molecule has 0 spiro atoms. The van der Waals surface area contributed by atoms with E-state index >= 15 is 0 Å². The monoisotopic (exact) mass is 141 g/mol. The zero-order valence-corrected chi connectivity index (χ0v) is 8.01. The fraction of sp³-hybridized carbons (Fsp3) is 0.750. The van der Waals surface area contributed by atoms with E-state index in [0.717, 1.165) is 0 Å². The molecule has 1 radical (unpaired) electrons. The van der Waals surface area contributed by atoms with E-state index in [2.05, 4.69) is 5.43 Å². The van der Waals surface area contributed by atoms with Crippen LogP contribution < -0.4 is 5.43 Å². The maximum absolute atomic E-state index is 9.81. The Morgan fingerprint density at radius 2 is 2.11 bits per heavy atom. The topological polar surface area (TPSA) is 52.6 Å². The quantitative estimate of drug-likeness (QED) is 0.381. The second kappa shape index (κ2) is 6.51. The molecule has 0 aliphatic carbocycles. The van der Waals surface area contributed by atoms with E-state index in [-0.39, 0.29) is 36.1 Å². The molecule has 4 nitrogen and oxygen atoms in total. The Labute approximate surface area is 76.5 Å². The summed E-state index contributed by atoms with van der Waals surface area (Å²) in [7, 11) is 3.48. The van der Waals surface area contributed by atoms with Gasteiger partial charge in [-0.1, -0.05) is 0 Å². The summed E-state index contributed by atoms with van der Waals surface area (Å²) >= 11 is 0. The summed E-state index contributed by atoms with van der Waals surface area (Å²) in [6, 6.07) is 0. The van der Waals surface area contributed by atoms with Gasteiger partial charge in [0.05, 0.1) is 0 Å². The number of hydrogen-bond donors (Lipinski definition) is 2. The second-order valence-electron chi connectivity index (χ2n) is 1.62. The first kappa shape index (κ1) is 12.1. The Hall–Kier alpha value is 0.390. The smallest absolute Gasteiger partial charge is 0.318 e. The van der Waals surface area contributed by atoms with E-state index in [0.29, 0.717) is 0 Å². The summed E-state index contributed by atoms with van der Waals surface area (Å²) in [5, 5.41) is 9.66. The molecule has 0 aromatic rings. The predicted octanol–water partition coefficient (Wildman–Crippen LogP) is -1.24. The summed E-state index contributed by atoms with van der Waals surface area (Å²) in [5.74, 6) is -0.848. The molecule has 0 aliphatic heterocycles. The van der Waals surface area contributed by atoms with Gasteiger partial charge in [0.15, 0.2) is 0 Å². The van der Waals surface area contributed by atoms with Crippen LogP contribution in [0.2, 0.25) is 0 Å². The van der Waals surface area contributed by atoms with Crippen molar-refractivity contribution in [3.8, 4) is 0 Å². The van der Waals surface area contributed by atoms with Gasteiger partial charge in [0.25, 0.3) is 0 Å². The first-order valence-corrected chi connectivity index (χ1v) is 2.25. The van der Waals surface area contributed by atoms with Gasteiger partial charge < -0.3 is 5.11 Å². The van der Waals surface area contributed by atoms with E-state index in [1.54, 1.807) is 19.1 Å². The molecular weight excluding hydrogens is 131 g/mol. The van der Waals surface area contributed by atoms with Crippen molar-refractivity contribution in [2.24, 2.45) is 0 Å². The molecule has 0 aliphatic rings. The Morgan fingerprint density at radius 3 is 2.22 bits per heavy atom. The molecule has 0 unspecified atom stereocenters. The van der Waals surface area contributed by atoms with Crippen LogP contribution in [0.15, 0.2) is 0 Å². The zero-order chi connectivity index (χ0) is 6.57. The first-order chi connectivity index (χ1) is 3.63. The summed E-state index contributed by atoms with van der Waals surface area (Å²) in [6.07, 6.45) is 0. The molecule has 9 heavy (non-hydrogen) atoms. The van der Waals surface area contributed by atoms with Crippen LogP contribution in [-0.2, 0) is 4.79 Å². The van der Waals surface area contributed by atoms with Gasteiger partial charge >= 0.3 is 5.97 Å². The molecule has 0 aromatic heterocycles. The van der Waals surface area contributed by atoms with Gasteiger partial charge in [-0.3, -0.25) is 9.80 Å². The molecule has 0 aromatic carbocycles. The maximum atomic E-state index is 9.81. The third kappa shape index (κ3) is 11.8. The Bertz CT molecular complexity index is 86.6. The number of nitrogens with zero attached hydrogens (tertiary/aromatic N) is 1. The maximum Gasteiger partial charge on any atom is 0.318 e. The van der Waals surface area contributed by atoms with Gasteiger partial charge in [0.1, 0.15) is 6.54 Å². The molecule has 0 fully saturated rings. The van der Waals surface area contributed by atoms with Crippen LogP contribution in [0.1, 0.15) is 0 Å². The van der Waals surface area contributed by atoms with Crippen LogP contribution in [0.25, 0.3) is 0 Å². The summed E-state index contributed by atoms with van der Waals surface area (Å²) < 4.78 is 0. The average molecular weight is 141 g/mol. The van der Waals surface area contributed by atoms with E-state index in [1.807, 2.05) is 0 Å². The van der Waals surface area contributed by atoms with Gasteiger partial charge in [-0.15, -0.1) is 0 Å². The van der Waals surface area contributed by atoms with Crippen LogP contribution in [0.5, 0.6) is 0 Å². The molecule has 0 heterocycles. The Balaban J connectivity index is 0. The minimum atomic E-state index is -0.848. The Morgan fingerprint density at radius 1 is 1.67 bits per heavy atom. The standard InChI is InChI=1S/C4H10N2O2.Na/c1-6(2)5-3-4(7)8;/h5H,3H2,1-2H3,(H,7,8);. The van der Waals surface area contributed by atoms with Crippen LogP contribution in [0.3, 0.4) is 0 Å². The van der Waals surface area contributed by atoms with Gasteiger partial charge in [0.2, 0.25) is 0 Å². The van der Waals surface area contributed by atoms with Crippen molar-refractivity contribution in [1.82, 2.24) is 10.4 Å². The van der Waals surface area contributed by atoms with Crippen molar-refractivity contribution >= 4 is 35.5 Å². The van der Waals surface area contributed by atoms with Gasteiger partial charge in [-0.2, -0.15) is 0 Å². The number of carboxylic acids is 1. The van der Waals surface area contributed by atoms with Crippen molar-refractivity contribution < 1.29 is 9.90 Å². The van der Waals surface area contributed by atoms with Crippen molar-refractivity contribution in [2.45, 2.75) is 0 Å². The number of hydrogen-bond acceptors (Lipinski definition) is 3. The minimum Gasteiger partial charge on any atom is -0.480 e. The third-order valence-electron chi connectivity index (χ3n) is 0.547. The van der Waals surface area contributed by atoms with E-state index in [9.17, 15) is 4.79 Å². The minimum absolute atomic E-state index is 0. The number of hydrazine groups is 1. The van der Waals surface area contributed by atoms with Crippen molar-refractivity contribution in [3.05, 3.63) is 0 Å². The fourth-order valence-electron chi connectivity index (χ4n) is 0.226. The SMILES string of the molecule is CN(C)NCC(=O)O.[Na]. The van der Waals surface area contributed by atoms with Crippen molar-refractivity contribution in [1.29, 1.82) is 0 Å². The largest absolute Gasteiger partial charge is 0.480 e. The molecule has 0 saturated carbocycles. The number of aliphatic carboxylic acids is 1. The first-order valence-electron chi connectivity index (χ1n) is 2.25. The molecular formula is C4H10N2NaO2. The van der Waals surface area contributed by atoms with Crippen LogP contribution >= 0.6 is 0 Å². The Kier molecular flexibility index (Phi) is 8.75. The molecule has 49 valence electrons. The third-order valence-corrected chi connectivity index (χ3v) is 0.547. The van der Waals surface area contributed by atoms with Gasteiger partial charge in [0, 0.05) is 43.7 Å². The van der Waals surface area contributed by atoms with Gasteiger partial charge in [-0.25, -0.2) is 5.43 Å². The van der Waals surface area contributed by atoms with Crippen molar-refractivity contribution in [2.75, 3.05) is 20.6 Å². The summed E-state index contributed by atoms with van der Waals surface area (Å²) in [4.78, 5) is 9.81. The molecule has 5 heteroatoms. The number of carbonyl (C=O) groups is 1. The predicted molar refractivity (Wildman–Crippen MR) is 35.1 cm³/mol. The van der Waals surface area contributed by atoms with Crippen LogP contribution in [0, 0.1) is 0 Å². The van der Waals surface area contributed by atoms with E-state index in [1.165, 1.54) is 0 Å². The zero-order valence-electron chi connectivity index (χ0n) is 6.01. The molecule has 0 bridgehead atoms. The number of nitrogens with one attached hydrogen (secondary N) is 1. The van der Waals surface area contributed by atoms with E-state index < -0.39 is 5.97 Å². The van der Waals surface area contributed by atoms with Gasteiger partial charge in [-0.05, 0) is 0 Å².